The molecule has 3 fully saturated rings. The summed E-state index contributed by atoms with van der Waals surface area (Å²) in [6.45, 7) is 13.5. The van der Waals surface area contributed by atoms with E-state index < -0.39 is 28.7 Å². The molecule has 8 heteroatoms. The SMILES string of the molecule is C=CCCOC(=O)[C@@H]1[C@H]2C(=O)N([C@H](C)CO)C(C(=O)N(CC=C)c3cc(C)ccc3C)C23CC[C@H]1S3. The van der Waals surface area contributed by atoms with E-state index in [1.807, 2.05) is 32.0 Å². The standard InChI is InChI=1S/C28H36N2O5S/c1-6-8-14-35-27(34)22-21-11-12-28(36-21)23(22)25(32)30(19(5)16-31)24(28)26(33)29(13-7-2)20-15-17(3)9-10-18(20)4/h6-7,9-10,15,19,21-24,31H,1-2,8,11-14,16H2,3-5H3/t19-,21-,22+,23+,24?,28?/m1/s1. The van der Waals surface area contributed by atoms with Crippen molar-refractivity contribution in [3.05, 3.63) is 54.6 Å². The van der Waals surface area contributed by atoms with E-state index in [-0.39, 0.29) is 42.8 Å². The van der Waals surface area contributed by atoms with E-state index in [0.29, 0.717) is 12.8 Å². The third kappa shape index (κ3) is 4.18. The molecule has 3 saturated heterocycles. The molecule has 0 aromatic heterocycles. The Morgan fingerprint density at radius 2 is 2.08 bits per heavy atom. The average molecular weight is 513 g/mol. The number of thioether (sulfide) groups is 1. The van der Waals surface area contributed by atoms with Crippen LogP contribution >= 0.6 is 11.8 Å². The van der Waals surface area contributed by atoms with Gasteiger partial charge < -0.3 is 19.6 Å². The molecule has 2 bridgehead atoms. The van der Waals surface area contributed by atoms with E-state index in [0.717, 1.165) is 23.2 Å². The summed E-state index contributed by atoms with van der Waals surface area (Å²) in [5, 5.41) is 9.99. The highest BCUT2D eigenvalue weighted by Crippen LogP contribution is 2.67. The van der Waals surface area contributed by atoms with Crippen molar-refractivity contribution in [2.24, 2.45) is 11.8 Å². The van der Waals surface area contributed by atoms with Gasteiger partial charge >= 0.3 is 5.97 Å². The minimum absolute atomic E-state index is 0.0642. The Kier molecular flexibility index (Phi) is 7.67. The molecular weight excluding hydrogens is 476 g/mol. The number of aliphatic hydroxyl groups excluding tert-OH is 1. The Balaban J connectivity index is 1.77. The molecule has 0 saturated carbocycles. The molecule has 2 unspecified atom stereocenters. The van der Waals surface area contributed by atoms with Crippen LogP contribution in [0.5, 0.6) is 0 Å². The smallest absolute Gasteiger partial charge is 0.310 e. The number of ether oxygens (including phenoxy) is 1. The molecule has 3 aliphatic heterocycles. The van der Waals surface area contributed by atoms with Crippen LogP contribution in [0.1, 0.15) is 37.3 Å². The first-order valence-electron chi connectivity index (χ1n) is 12.6. The molecule has 6 atom stereocenters. The average Bonchev–Trinajstić information content (AvgIpc) is 3.50. The molecule has 194 valence electrons. The number of hydrogen-bond acceptors (Lipinski definition) is 6. The topological polar surface area (TPSA) is 87.1 Å². The van der Waals surface area contributed by atoms with Gasteiger partial charge in [0, 0.05) is 17.5 Å². The number of aliphatic hydroxyl groups is 1. The number of anilines is 1. The van der Waals surface area contributed by atoms with Crippen LogP contribution in [0.4, 0.5) is 5.69 Å². The van der Waals surface area contributed by atoms with Crippen LogP contribution < -0.4 is 4.90 Å². The van der Waals surface area contributed by atoms with Gasteiger partial charge in [-0.25, -0.2) is 0 Å². The van der Waals surface area contributed by atoms with Crippen molar-refractivity contribution >= 4 is 35.2 Å². The number of carbonyl (C=O) groups is 3. The molecule has 4 rings (SSSR count). The van der Waals surface area contributed by atoms with Crippen LogP contribution in [0.25, 0.3) is 0 Å². The largest absolute Gasteiger partial charge is 0.465 e. The Hall–Kier alpha value is -2.58. The molecule has 2 amide bonds. The predicted molar refractivity (Wildman–Crippen MR) is 142 cm³/mol. The fourth-order valence-corrected chi connectivity index (χ4v) is 8.32. The number of likely N-dealkylation sites (tertiary alicyclic amines) is 1. The normalized spacial score (nSPS) is 29.1. The summed E-state index contributed by atoms with van der Waals surface area (Å²) in [4.78, 5) is 44.8. The van der Waals surface area contributed by atoms with E-state index in [9.17, 15) is 19.5 Å². The van der Waals surface area contributed by atoms with Gasteiger partial charge in [0.2, 0.25) is 5.91 Å². The van der Waals surface area contributed by atoms with Crippen LogP contribution in [0, 0.1) is 25.7 Å². The summed E-state index contributed by atoms with van der Waals surface area (Å²) >= 11 is 1.60. The Morgan fingerprint density at radius 3 is 2.75 bits per heavy atom. The molecular formula is C28H36N2O5S. The summed E-state index contributed by atoms with van der Waals surface area (Å²) in [7, 11) is 0. The zero-order valence-electron chi connectivity index (χ0n) is 21.3. The molecule has 3 aliphatic rings. The maximum atomic E-state index is 14.5. The van der Waals surface area contributed by atoms with Gasteiger partial charge in [-0.05, 0) is 57.2 Å². The van der Waals surface area contributed by atoms with Gasteiger partial charge in [-0.3, -0.25) is 14.4 Å². The van der Waals surface area contributed by atoms with Crippen LogP contribution in [-0.4, -0.2) is 69.6 Å². The van der Waals surface area contributed by atoms with Gasteiger partial charge in [-0.1, -0.05) is 24.3 Å². The lowest BCUT2D eigenvalue weighted by molar-refractivity contribution is -0.154. The number of rotatable bonds is 10. The van der Waals surface area contributed by atoms with Crippen molar-refractivity contribution in [1.82, 2.24) is 4.90 Å². The van der Waals surface area contributed by atoms with Crippen molar-refractivity contribution in [1.29, 1.82) is 0 Å². The second-order valence-electron chi connectivity index (χ2n) is 10.1. The minimum Gasteiger partial charge on any atom is -0.465 e. The number of carbonyl (C=O) groups excluding carboxylic acids is 3. The second kappa shape index (κ2) is 10.4. The van der Waals surface area contributed by atoms with E-state index in [1.54, 1.807) is 40.6 Å². The predicted octanol–water partition coefficient (Wildman–Crippen LogP) is 3.41. The summed E-state index contributed by atoms with van der Waals surface area (Å²) < 4.78 is 4.79. The molecule has 1 aromatic carbocycles. The van der Waals surface area contributed by atoms with Gasteiger partial charge in [-0.2, -0.15) is 0 Å². The summed E-state index contributed by atoms with van der Waals surface area (Å²) in [6, 6.07) is 4.60. The summed E-state index contributed by atoms with van der Waals surface area (Å²) in [5.41, 5.74) is 2.75. The Labute approximate surface area is 217 Å². The van der Waals surface area contributed by atoms with Crippen molar-refractivity contribution in [2.45, 2.75) is 62.1 Å². The van der Waals surface area contributed by atoms with E-state index in [2.05, 4.69) is 13.2 Å². The third-order valence-electron chi connectivity index (χ3n) is 7.78. The highest BCUT2D eigenvalue weighted by atomic mass is 32.2. The van der Waals surface area contributed by atoms with Gasteiger partial charge in [0.05, 0.1) is 35.8 Å². The molecule has 0 radical (unpaired) electrons. The van der Waals surface area contributed by atoms with Crippen LogP contribution in [-0.2, 0) is 19.1 Å². The first kappa shape index (κ1) is 26.5. The number of amides is 2. The molecule has 3 heterocycles. The highest BCUT2D eigenvalue weighted by molar-refractivity contribution is 8.02. The fourth-order valence-electron chi connectivity index (χ4n) is 6.13. The Morgan fingerprint density at radius 1 is 1.33 bits per heavy atom. The quantitative estimate of drug-likeness (QED) is 0.294. The molecule has 1 spiro atoms. The highest BCUT2D eigenvalue weighted by Gasteiger charge is 2.74. The zero-order valence-corrected chi connectivity index (χ0v) is 22.1. The molecule has 1 aromatic rings. The second-order valence-corrected chi connectivity index (χ2v) is 11.7. The lowest BCUT2D eigenvalue weighted by Gasteiger charge is -2.39. The molecule has 7 nitrogen and oxygen atoms in total. The minimum atomic E-state index is -0.794. The van der Waals surface area contributed by atoms with Gasteiger partial charge in [-0.15, -0.1) is 24.9 Å². The van der Waals surface area contributed by atoms with E-state index in [4.69, 9.17) is 4.74 Å². The monoisotopic (exact) mass is 512 g/mol. The number of nitrogens with zero attached hydrogens (tertiary/aromatic N) is 2. The third-order valence-corrected chi connectivity index (χ3v) is 9.73. The van der Waals surface area contributed by atoms with Crippen molar-refractivity contribution in [3.63, 3.8) is 0 Å². The van der Waals surface area contributed by atoms with Crippen LogP contribution in [0.3, 0.4) is 0 Å². The molecule has 36 heavy (non-hydrogen) atoms. The lowest BCUT2D eigenvalue weighted by atomic mass is 9.71. The van der Waals surface area contributed by atoms with Gasteiger partial charge in [0.15, 0.2) is 0 Å². The van der Waals surface area contributed by atoms with Crippen LogP contribution in [0.2, 0.25) is 0 Å². The zero-order chi connectivity index (χ0) is 26.2. The first-order valence-corrected chi connectivity index (χ1v) is 13.5. The van der Waals surface area contributed by atoms with Gasteiger partial charge in [0.1, 0.15) is 6.04 Å². The first-order chi connectivity index (χ1) is 17.2. The van der Waals surface area contributed by atoms with E-state index in [1.165, 1.54) is 0 Å². The van der Waals surface area contributed by atoms with Crippen molar-refractivity contribution in [3.8, 4) is 0 Å². The number of esters is 1. The number of hydrogen-bond donors (Lipinski definition) is 1. The maximum Gasteiger partial charge on any atom is 0.310 e. The fraction of sp³-hybridized carbons (Fsp3) is 0.536. The maximum absolute atomic E-state index is 14.5. The number of aryl methyl sites for hydroxylation is 2. The summed E-state index contributed by atoms with van der Waals surface area (Å²) in [6.07, 6.45) is 5.32. The molecule has 0 aliphatic carbocycles. The van der Waals surface area contributed by atoms with Crippen molar-refractivity contribution < 1.29 is 24.2 Å². The van der Waals surface area contributed by atoms with E-state index >= 15 is 0 Å². The number of fused-ring (bicyclic) bond motifs is 1. The lowest BCUT2D eigenvalue weighted by Crippen LogP contribution is -2.57. The summed E-state index contributed by atoms with van der Waals surface area (Å²) in [5.74, 6) is -2.06. The van der Waals surface area contributed by atoms with Crippen LogP contribution in [0.15, 0.2) is 43.5 Å². The Bertz CT molecular complexity index is 1070. The molecule has 1 N–H and O–H groups in total. The van der Waals surface area contributed by atoms with Crippen molar-refractivity contribution in [2.75, 3.05) is 24.7 Å². The number of benzene rings is 1. The van der Waals surface area contributed by atoms with Gasteiger partial charge in [0.25, 0.3) is 5.91 Å².